The van der Waals surface area contributed by atoms with Gasteiger partial charge in [0.25, 0.3) is 5.01 Å². The van der Waals surface area contributed by atoms with Crippen LogP contribution >= 0.6 is 11.3 Å². The average molecular weight is 357 g/mol. The van der Waals surface area contributed by atoms with E-state index < -0.39 is 0 Å². The average Bonchev–Trinajstić information content (AvgIpc) is 2.76. The van der Waals surface area contributed by atoms with Gasteiger partial charge in [-0.3, -0.25) is 0 Å². The molecule has 1 aromatic carbocycles. The van der Waals surface area contributed by atoms with Crippen molar-refractivity contribution in [2.45, 2.75) is 20.4 Å². The SMILES string of the molecule is CC[n+]1nc(C)sc1/C=C/c1cc(O)cc(OC)c1.[Br-]. The molecular weight excluding hydrogens is 340 g/mol. The van der Waals surface area contributed by atoms with Gasteiger partial charge in [0.2, 0.25) is 0 Å². The zero-order valence-corrected chi connectivity index (χ0v) is 14.0. The maximum Gasteiger partial charge on any atom is 0.289 e. The molecule has 0 saturated heterocycles. The molecule has 0 bridgehead atoms. The Bertz CT molecular complexity index is 611. The Balaban J connectivity index is 0.00000200. The Morgan fingerprint density at radius 3 is 2.75 bits per heavy atom. The zero-order valence-electron chi connectivity index (χ0n) is 11.6. The summed E-state index contributed by atoms with van der Waals surface area (Å²) >= 11 is 1.64. The molecule has 1 aromatic heterocycles. The third kappa shape index (κ3) is 4.05. The van der Waals surface area contributed by atoms with E-state index in [-0.39, 0.29) is 22.7 Å². The van der Waals surface area contributed by atoms with E-state index in [1.165, 1.54) is 0 Å². The number of phenols is 1. The van der Waals surface area contributed by atoms with Crippen LogP contribution in [0.4, 0.5) is 0 Å². The second-order valence-electron chi connectivity index (χ2n) is 4.07. The maximum absolute atomic E-state index is 9.60. The number of aromatic nitrogens is 2. The fourth-order valence-electron chi connectivity index (χ4n) is 1.78. The summed E-state index contributed by atoms with van der Waals surface area (Å²) < 4.78 is 7.08. The number of halogens is 1. The monoisotopic (exact) mass is 356 g/mol. The van der Waals surface area contributed by atoms with Crippen molar-refractivity contribution < 1.29 is 31.5 Å². The van der Waals surface area contributed by atoms with E-state index in [1.807, 2.05) is 29.8 Å². The minimum atomic E-state index is 0. The van der Waals surface area contributed by atoms with E-state index >= 15 is 0 Å². The van der Waals surface area contributed by atoms with E-state index in [1.54, 1.807) is 30.6 Å². The first kappa shape index (κ1) is 16.7. The van der Waals surface area contributed by atoms with Crippen LogP contribution in [0.3, 0.4) is 0 Å². The van der Waals surface area contributed by atoms with Gasteiger partial charge in [0.05, 0.1) is 7.11 Å². The molecule has 0 fully saturated rings. The van der Waals surface area contributed by atoms with Crippen LogP contribution in [0.15, 0.2) is 18.2 Å². The summed E-state index contributed by atoms with van der Waals surface area (Å²) in [6.45, 7) is 4.90. The second kappa shape index (κ2) is 7.40. The van der Waals surface area contributed by atoms with Crippen molar-refractivity contribution in [2.75, 3.05) is 7.11 Å². The highest BCUT2D eigenvalue weighted by atomic mass is 79.9. The van der Waals surface area contributed by atoms with Gasteiger partial charge in [-0.15, -0.1) is 0 Å². The third-order valence-corrected chi connectivity index (χ3v) is 3.57. The standard InChI is InChI=1S/C14H16N2O2S.BrH/c1-4-16-14(19-10(2)15-16)6-5-11-7-12(17)9-13(8-11)18-3;/h5-9H,4H2,1-3H3;1H/b6-5+;. The highest BCUT2D eigenvalue weighted by molar-refractivity contribution is 7.11. The molecule has 0 amide bonds. The lowest BCUT2D eigenvalue weighted by molar-refractivity contribution is -0.747. The minimum Gasteiger partial charge on any atom is -1.00 e. The molecule has 2 aromatic rings. The first-order valence-corrected chi connectivity index (χ1v) is 6.87. The molecule has 0 spiro atoms. The summed E-state index contributed by atoms with van der Waals surface area (Å²) in [5.74, 6) is 0.839. The lowest BCUT2D eigenvalue weighted by atomic mass is 10.2. The van der Waals surface area contributed by atoms with Crippen LogP contribution in [-0.2, 0) is 6.54 Å². The molecule has 0 unspecified atom stereocenters. The molecule has 0 saturated carbocycles. The summed E-state index contributed by atoms with van der Waals surface area (Å²) in [5.41, 5.74) is 0.894. The van der Waals surface area contributed by atoms with Gasteiger partial charge in [-0.25, -0.2) is 0 Å². The fraction of sp³-hybridized carbons (Fsp3) is 0.286. The molecule has 0 radical (unpaired) electrons. The minimum absolute atomic E-state index is 0. The van der Waals surface area contributed by atoms with Crippen molar-refractivity contribution in [3.63, 3.8) is 0 Å². The molecule has 1 N–H and O–H groups in total. The van der Waals surface area contributed by atoms with Crippen LogP contribution in [0.5, 0.6) is 11.5 Å². The van der Waals surface area contributed by atoms with Crippen molar-refractivity contribution in [1.82, 2.24) is 5.10 Å². The lowest BCUT2D eigenvalue weighted by Gasteiger charge is -2.01. The predicted octanol–water partition coefficient (Wildman–Crippen LogP) is -0.352. The first-order valence-electron chi connectivity index (χ1n) is 6.06. The highest BCUT2D eigenvalue weighted by Crippen LogP contribution is 2.23. The molecular formula is C14H17BrN2O2S. The largest absolute Gasteiger partial charge is 1.00 e. The van der Waals surface area contributed by atoms with Gasteiger partial charge in [-0.1, -0.05) is 4.68 Å². The number of hydrogen-bond donors (Lipinski definition) is 1. The number of benzene rings is 1. The zero-order chi connectivity index (χ0) is 13.8. The Morgan fingerprint density at radius 1 is 1.35 bits per heavy atom. The number of methoxy groups -OCH3 is 1. The number of aromatic hydroxyl groups is 1. The molecule has 2 rings (SSSR count). The second-order valence-corrected chi connectivity index (χ2v) is 5.29. The Morgan fingerprint density at radius 2 is 2.10 bits per heavy atom. The smallest absolute Gasteiger partial charge is 0.289 e. The van der Waals surface area contributed by atoms with Gasteiger partial charge in [-0.2, -0.15) is 0 Å². The molecule has 108 valence electrons. The van der Waals surface area contributed by atoms with Crippen molar-refractivity contribution in [1.29, 1.82) is 0 Å². The lowest BCUT2D eigenvalue weighted by Crippen LogP contribution is -3.00. The third-order valence-electron chi connectivity index (χ3n) is 2.64. The van der Waals surface area contributed by atoms with E-state index in [0.29, 0.717) is 5.75 Å². The number of ether oxygens (including phenoxy) is 1. The summed E-state index contributed by atoms with van der Waals surface area (Å²) in [7, 11) is 1.58. The van der Waals surface area contributed by atoms with Crippen LogP contribution < -0.4 is 26.4 Å². The highest BCUT2D eigenvalue weighted by Gasteiger charge is 2.12. The molecule has 1 heterocycles. The topological polar surface area (TPSA) is 46.2 Å². The normalized spacial score (nSPS) is 10.6. The van der Waals surface area contributed by atoms with E-state index in [4.69, 9.17) is 4.74 Å². The maximum atomic E-state index is 9.60. The van der Waals surface area contributed by atoms with Crippen molar-refractivity contribution in [3.8, 4) is 11.5 Å². The van der Waals surface area contributed by atoms with Gasteiger partial charge in [-0.05, 0) is 49.0 Å². The molecule has 0 atom stereocenters. The van der Waals surface area contributed by atoms with E-state index in [0.717, 1.165) is 22.1 Å². The van der Waals surface area contributed by atoms with E-state index in [9.17, 15) is 5.11 Å². The molecule has 0 aliphatic heterocycles. The number of rotatable bonds is 4. The van der Waals surface area contributed by atoms with Crippen molar-refractivity contribution in [3.05, 3.63) is 33.8 Å². The van der Waals surface area contributed by atoms with Crippen LogP contribution in [0.25, 0.3) is 12.2 Å². The molecule has 4 nitrogen and oxygen atoms in total. The first-order chi connectivity index (χ1) is 9.12. The van der Waals surface area contributed by atoms with Crippen LogP contribution in [0, 0.1) is 6.92 Å². The van der Waals surface area contributed by atoms with Crippen molar-refractivity contribution in [2.24, 2.45) is 0 Å². The van der Waals surface area contributed by atoms with Crippen LogP contribution in [0.2, 0.25) is 0 Å². The predicted molar refractivity (Wildman–Crippen MR) is 76.3 cm³/mol. The van der Waals surface area contributed by atoms with Gasteiger partial charge in [0, 0.05) is 17.2 Å². The van der Waals surface area contributed by atoms with Gasteiger partial charge < -0.3 is 26.8 Å². The molecule has 0 aliphatic rings. The summed E-state index contributed by atoms with van der Waals surface area (Å²) in [6, 6.07) is 5.16. The van der Waals surface area contributed by atoms with Gasteiger partial charge in [0.15, 0.2) is 11.6 Å². The quantitative estimate of drug-likeness (QED) is 0.761. The van der Waals surface area contributed by atoms with Crippen LogP contribution in [-0.4, -0.2) is 17.3 Å². The Kier molecular flexibility index (Phi) is 6.16. The fourth-order valence-corrected chi connectivity index (χ4v) is 2.63. The Labute approximate surface area is 133 Å². The summed E-state index contributed by atoms with van der Waals surface area (Å²) in [5, 5.41) is 16.1. The number of hydrogen-bond acceptors (Lipinski definition) is 4. The Hall–Kier alpha value is -1.40. The molecule has 6 heteroatoms. The number of nitrogens with zero attached hydrogens (tertiary/aromatic N) is 2. The number of phenolic OH excluding ortho intramolecular Hbond substituents is 1. The van der Waals surface area contributed by atoms with Crippen LogP contribution in [0.1, 0.15) is 22.5 Å². The van der Waals surface area contributed by atoms with Gasteiger partial charge in [0.1, 0.15) is 11.5 Å². The molecule has 0 aliphatic carbocycles. The van der Waals surface area contributed by atoms with Crippen molar-refractivity contribution >= 4 is 23.5 Å². The number of aryl methyl sites for hydroxylation is 2. The van der Waals surface area contributed by atoms with Gasteiger partial charge >= 0.3 is 0 Å². The van der Waals surface area contributed by atoms with E-state index in [2.05, 4.69) is 12.0 Å². The summed E-state index contributed by atoms with van der Waals surface area (Å²) in [4.78, 5) is 0. The molecule has 20 heavy (non-hydrogen) atoms. The summed E-state index contributed by atoms with van der Waals surface area (Å²) in [6.07, 6.45) is 3.95.